The lowest BCUT2D eigenvalue weighted by atomic mass is 9.90. The Morgan fingerprint density at radius 3 is 1.86 bits per heavy atom. The molecule has 108 valence electrons. The Labute approximate surface area is 131 Å². The Hall–Kier alpha value is -1.67. The van der Waals surface area contributed by atoms with E-state index in [4.69, 9.17) is 0 Å². The average molecular weight is 295 g/mol. The van der Waals surface area contributed by atoms with Crippen LogP contribution in [0.2, 0.25) is 0 Å². The van der Waals surface area contributed by atoms with Crippen molar-refractivity contribution in [3.05, 3.63) is 64.6 Å². The predicted molar refractivity (Wildman–Crippen MR) is 95.4 cm³/mol. The summed E-state index contributed by atoms with van der Waals surface area (Å²) in [6.07, 6.45) is 0. The third-order valence-electron chi connectivity index (χ3n) is 3.83. The summed E-state index contributed by atoms with van der Waals surface area (Å²) in [7, 11) is 2.15. The lowest BCUT2D eigenvalue weighted by Gasteiger charge is -2.32. The number of anilines is 2. The van der Waals surface area contributed by atoms with E-state index in [-0.39, 0.29) is 0 Å². The van der Waals surface area contributed by atoms with Crippen LogP contribution in [-0.2, 0) is 0 Å². The van der Waals surface area contributed by atoms with Crippen LogP contribution in [0.3, 0.4) is 0 Å². The molecule has 1 aliphatic rings. The van der Waals surface area contributed by atoms with Crippen LogP contribution in [0.1, 0.15) is 31.9 Å². The van der Waals surface area contributed by atoms with Crippen LogP contribution in [0.15, 0.2) is 53.4 Å². The van der Waals surface area contributed by atoms with Crippen molar-refractivity contribution in [3.8, 4) is 0 Å². The van der Waals surface area contributed by atoms with Gasteiger partial charge in [-0.05, 0) is 24.0 Å². The summed E-state index contributed by atoms with van der Waals surface area (Å²) in [6, 6.07) is 17.4. The molecule has 0 saturated heterocycles. The number of hydrogen-bond acceptors (Lipinski definition) is 2. The molecule has 1 aliphatic heterocycles. The van der Waals surface area contributed by atoms with Crippen molar-refractivity contribution in [1.82, 2.24) is 0 Å². The van der Waals surface area contributed by atoms with Crippen molar-refractivity contribution in [3.63, 3.8) is 0 Å². The molecule has 0 aliphatic carbocycles. The number of allylic oxidation sites excluding steroid dienone is 1. The molecule has 1 nitrogen and oxygen atoms in total. The zero-order chi connectivity index (χ0) is 15.0. The number of para-hydroxylation sites is 2. The molecule has 0 aromatic heterocycles. The number of benzene rings is 2. The van der Waals surface area contributed by atoms with Gasteiger partial charge in [0.25, 0.3) is 0 Å². The zero-order valence-electron chi connectivity index (χ0n) is 13.1. The fourth-order valence-electron chi connectivity index (χ4n) is 3.02. The molecule has 0 amide bonds. The standard InChI is InChI=1S/C19H21NS/c1-13(2)21-14(3)19-15-9-5-7-11-17(15)20(4)18-12-8-6-10-16(18)19/h5-13H,1-4H3. The second kappa shape index (κ2) is 5.61. The Balaban J connectivity index is 2.28. The first-order chi connectivity index (χ1) is 10.1. The molecule has 0 radical (unpaired) electrons. The van der Waals surface area contributed by atoms with E-state index in [0.29, 0.717) is 5.25 Å². The van der Waals surface area contributed by atoms with Crippen LogP contribution in [-0.4, -0.2) is 12.3 Å². The van der Waals surface area contributed by atoms with Gasteiger partial charge in [0.1, 0.15) is 0 Å². The smallest absolute Gasteiger partial charge is 0.0488 e. The Bertz CT molecular complexity index is 651. The topological polar surface area (TPSA) is 3.24 Å². The molecule has 0 N–H and O–H groups in total. The van der Waals surface area contributed by atoms with Gasteiger partial charge >= 0.3 is 0 Å². The molecule has 0 bridgehead atoms. The van der Waals surface area contributed by atoms with Gasteiger partial charge in [0.15, 0.2) is 0 Å². The highest BCUT2D eigenvalue weighted by Crippen LogP contribution is 2.47. The first-order valence-electron chi connectivity index (χ1n) is 7.39. The quantitative estimate of drug-likeness (QED) is 0.700. The van der Waals surface area contributed by atoms with E-state index < -0.39 is 0 Å². The summed E-state index contributed by atoms with van der Waals surface area (Å²) >= 11 is 1.95. The van der Waals surface area contributed by atoms with Gasteiger partial charge in [-0.3, -0.25) is 0 Å². The van der Waals surface area contributed by atoms with Gasteiger partial charge in [0.2, 0.25) is 0 Å². The number of thioether (sulfide) groups is 1. The van der Waals surface area contributed by atoms with Gasteiger partial charge < -0.3 is 4.90 Å². The summed E-state index contributed by atoms with van der Waals surface area (Å²) in [4.78, 5) is 3.69. The Kier molecular flexibility index (Phi) is 3.81. The molecule has 2 aromatic rings. The van der Waals surface area contributed by atoms with Crippen LogP contribution < -0.4 is 4.90 Å². The average Bonchev–Trinajstić information content (AvgIpc) is 2.47. The van der Waals surface area contributed by atoms with Crippen LogP contribution in [0.25, 0.3) is 5.57 Å². The van der Waals surface area contributed by atoms with E-state index in [1.165, 1.54) is 33.0 Å². The molecule has 0 atom stereocenters. The molecule has 0 saturated carbocycles. The molecule has 1 heterocycles. The largest absolute Gasteiger partial charge is 0.344 e. The van der Waals surface area contributed by atoms with E-state index in [1.54, 1.807) is 0 Å². The van der Waals surface area contributed by atoms with Crippen molar-refractivity contribution < 1.29 is 0 Å². The van der Waals surface area contributed by atoms with Gasteiger partial charge in [-0.25, -0.2) is 0 Å². The monoisotopic (exact) mass is 295 g/mol. The van der Waals surface area contributed by atoms with Crippen molar-refractivity contribution in [2.45, 2.75) is 26.0 Å². The van der Waals surface area contributed by atoms with E-state index in [9.17, 15) is 0 Å². The molecule has 0 fully saturated rings. The van der Waals surface area contributed by atoms with Crippen LogP contribution in [0.5, 0.6) is 0 Å². The molecule has 0 unspecified atom stereocenters. The van der Waals surface area contributed by atoms with Gasteiger partial charge in [-0.1, -0.05) is 50.2 Å². The molecule has 21 heavy (non-hydrogen) atoms. The number of rotatable bonds is 2. The molecule has 3 rings (SSSR count). The molecule has 0 spiro atoms. The third kappa shape index (κ3) is 2.49. The van der Waals surface area contributed by atoms with E-state index in [2.05, 4.69) is 81.2 Å². The fraction of sp³-hybridized carbons (Fsp3) is 0.263. The van der Waals surface area contributed by atoms with E-state index in [1.807, 2.05) is 11.8 Å². The highest BCUT2D eigenvalue weighted by atomic mass is 32.2. The van der Waals surface area contributed by atoms with Crippen LogP contribution >= 0.6 is 11.8 Å². The van der Waals surface area contributed by atoms with Gasteiger partial charge in [0.05, 0.1) is 0 Å². The highest BCUT2D eigenvalue weighted by Gasteiger charge is 2.25. The SMILES string of the molecule is CC(SC(C)C)=C1c2ccccc2N(C)c2ccccc21. The minimum absolute atomic E-state index is 0.594. The van der Waals surface area contributed by atoms with Crippen molar-refractivity contribution in [2.75, 3.05) is 11.9 Å². The second-order valence-electron chi connectivity index (χ2n) is 5.69. The van der Waals surface area contributed by atoms with Crippen molar-refractivity contribution in [2.24, 2.45) is 0 Å². The first kappa shape index (κ1) is 14.3. The summed E-state index contributed by atoms with van der Waals surface area (Å²) in [5, 5.41) is 0.594. The number of fused-ring (bicyclic) bond motifs is 2. The summed E-state index contributed by atoms with van der Waals surface area (Å²) in [6.45, 7) is 6.75. The number of nitrogens with zero attached hydrogens (tertiary/aromatic N) is 1. The molecular formula is C19H21NS. The van der Waals surface area contributed by atoms with Crippen molar-refractivity contribution >= 4 is 28.7 Å². The first-order valence-corrected chi connectivity index (χ1v) is 8.27. The molecule has 2 aromatic carbocycles. The summed E-state index contributed by atoms with van der Waals surface area (Å²) < 4.78 is 0. The lowest BCUT2D eigenvalue weighted by molar-refractivity contribution is 1.12. The van der Waals surface area contributed by atoms with E-state index in [0.717, 1.165) is 0 Å². The van der Waals surface area contributed by atoms with Gasteiger partial charge in [-0.2, -0.15) is 0 Å². The maximum Gasteiger partial charge on any atom is 0.0488 e. The second-order valence-corrected chi connectivity index (χ2v) is 7.48. The highest BCUT2D eigenvalue weighted by molar-refractivity contribution is 8.03. The normalized spacial score (nSPS) is 13.2. The minimum atomic E-state index is 0.594. The number of hydrogen-bond donors (Lipinski definition) is 0. The zero-order valence-corrected chi connectivity index (χ0v) is 13.9. The van der Waals surface area contributed by atoms with Crippen molar-refractivity contribution in [1.29, 1.82) is 0 Å². The maximum absolute atomic E-state index is 2.29. The minimum Gasteiger partial charge on any atom is -0.344 e. The fourth-order valence-corrected chi connectivity index (χ4v) is 4.07. The summed E-state index contributed by atoms with van der Waals surface area (Å²) in [5.74, 6) is 0. The Morgan fingerprint density at radius 2 is 1.38 bits per heavy atom. The Morgan fingerprint density at radius 1 is 0.905 bits per heavy atom. The van der Waals surface area contributed by atoms with Gasteiger partial charge in [-0.15, -0.1) is 11.8 Å². The molecular weight excluding hydrogens is 274 g/mol. The summed E-state index contributed by atoms with van der Waals surface area (Å²) in [5.41, 5.74) is 6.64. The predicted octanol–water partition coefficient (Wildman–Crippen LogP) is 5.69. The van der Waals surface area contributed by atoms with E-state index >= 15 is 0 Å². The van der Waals surface area contributed by atoms with Crippen LogP contribution in [0, 0.1) is 0 Å². The molecule has 2 heteroatoms. The lowest BCUT2D eigenvalue weighted by Crippen LogP contribution is -2.18. The van der Waals surface area contributed by atoms with Gasteiger partial charge in [0, 0.05) is 40.4 Å². The maximum atomic E-state index is 2.29. The van der Waals surface area contributed by atoms with Crippen LogP contribution in [0.4, 0.5) is 11.4 Å². The third-order valence-corrected chi connectivity index (χ3v) is 4.86.